The minimum Gasteiger partial charge on any atom is -0.310 e. The van der Waals surface area contributed by atoms with E-state index in [9.17, 15) is 9.59 Å². The number of hydrogen-bond acceptors (Lipinski definition) is 5. The molecule has 1 amide bonds. The number of aromatic nitrogens is 5. The molecule has 0 bridgehead atoms. The average Bonchev–Trinajstić information content (AvgIpc) is 3.15. The van der Waals surface area contributed by atoms with Crippen LogP contribution in [0.4, 0.5) is 5.82 Å². The van der Waals surface area contributed by atoms with Gasteiger partial charge in [-0.15, -0.1) is 5.10 Å². The lowest BCUT2D eigenvalue weighted by atomic mass is 10.1. The van der Waals surface area contributed by atoms with Crippen molar-refractivity contribution in [3.8, 4) is 11.1 Å². The van der Waals surface area contributed by atoms with Crippen LogP contribution in [-0.2, 0) is 4.79 Å². The lowest BCUT2D eigenvalue weighted by Crippen LogP contribution is -2.15. The van der Waals surface area contributed by atoms with Gasteiger partial charge in [-0.2, -0.15) is 5.10 Å². The average molecular weight is 351 g/mol. The number of amides is 1. The minimum absolute atomic E-state index is 0.0971. The minimum atomic E-state index is -0.411. The quantitative estimate of drug-likeness (QED) is 0.524. The van der Waals surface area contributed by atoms with Gasteiger partial charge in [-0.05, 0) is 17.7 Å². The van der Waals surface area contributed by atoms with Crippen LogP contribution in [0.3, 0.4) is 0 Å². The number of H-pyrrole nitrogens is 3. The van der Waals surface area contributed by atoms with E-state index in [1.54, 1.807) is 18.3 Å². The summed E-state index contributed by atoms with van der Waals surface area (Å²) in [6.45, 7) is 0. The fourth-order valence-corrected chi connectivity index (χ4v) is 2.60. The number of thioether (sulfide) groups is 1. The Balaban J connectivity index is 1.66. The Hall–Kier alpha value is -2.52. The van der Waals surface area contributed by atoms with Gasteiger partial charge >= 0.3 is 5.69 Å². The van der Waals surface area contributed by atoms with E-state index in [1.807, 2.05) is 12.1 Å². The number of aromatic amines is 3. The Bertz CT molecular complexity index is 869. The van der Waals surface area contributed by atoms with E-state index in [0.29, 0.717) is 16.0 Å². The molecule has 8 nitrogen and oxygen atoms in total. The zero-order valence-electron chi connectivity index (χ0n) is 11.6. The number of hydrogen-bond donors (Lipinski definition) is 4. The topological polar surface area (TPSA) is 119 Å². The fourth-order valence-electron chi connectivity index (χ4n) is 1.86. The molecular formula is C13H11ClN6O2S. The summed E-state index contributed by atoms with van der Waals surface area (Å²) in [5.74, 6) is 0.339. The lowest BCUT2D eigenvalue weighted by Gasteiger charge is -2.05. The van der Waals surface area contributed by atoms with Gasteiger partial charge in [0.2, 0.25) is 5.91 Å². The summed E-state index contributed by atoms with van der Waals surface area (Å²) in [4.78, 5) is 25.4. The van der Waals surface area contributed by atoms with Gasteiger partial charge in [0.05, 0.1) is 11.9 Å². The van der Waals surface area contributed by atoms with Crippen LogP contribution in [0.5, 0.6) is 0 Å². The van der Waals surface area contributed by atoms with Crippen LogP contribution in [0, 0.1) is 0 Å². The summed E-state index contributed by atoms with van der Waals surface area (Å²) in [5, 5.41) is 16.4. The first kappa shape index (κ1) is 15.4. The molecule has 2 heterocycles. The molecule has 0 aliphatic heterocycles. The molecule has 0 radical (unpaired) electrons. The molecule has 0 atom stereocenters. The van der Waals surface area contributed by atoms with E-state index < -0.39 is 5.69 Å². The number of benzene rings is 1. The molecule has 0 fully saturated rings. The number of rotatable bonds is 5. The molecule has 10 heteroatoms. The van der Waals surface area contributed by atoms with E-state index in [1.165, 1.54) is 0 Å². The van der Waals surface area contributed by atoms with Crippen LogP contribution in [-0.4, -0.2) is 37.0 Å². The van der Waals surface area contributed by atoms with Crippen LogP contribution in [0.2, 0.25) is 5.02 Å². The second kappa shape index (κ2) is 6.71. The highest BCUT2D eigenvalue weighted by atomic mass is 35.5. The van der Waals surface area contributed by atoms with Crippen molar-refractivity contribution in [3.05, 3.63) is 46.0 Å². The second-order valence-electron chi connectivity index (χ2n) is 4.49. The maximum atomic E-state index is 12.0. The lowest BCUT2D eigenvalue weighted by molar-refractivity contribution is -0.113. The van der Waals surface area contributed by atoms with Gasteiger partial charge in [0.25, 0.3) is 0 Å². The summed E-state index contributed by atoms with van der Waals surface area (Å²) >= 11 is 6.98. The van der Waals surface area contributed by atoms with Gasteiger partial charge in [0, 0.05) is 10.6 Å². The highest BCUT2D eigenvalue weighted by Gasteiger charge is 2.12. The molecule has 0 unspecified atom stereocenters. The molecule has 23 heavy (non-hydrogen) atoms. The number of anilines is 1. The van der Waals surface area contributed by atoms with Crippen molar-refractivity contribution < 1.29 is 4.79 Å². The molecule has 0 saturated carbocycles. The number of nitrogens with one attached hydrogen (secondary N) is 4. The van der Waals surface area contributed by atoms with Crippen LogP contribution in [0.1, 0.15) is 0 Å². The Labute approximate surface area is 139 Å². The third-order valence-corrected chi connectivity index (χ3v) is 4.00. The summed E-state index contributed by atoms with van der Waals surface area (Å²) in [5.41, 5.74) is 1.22. The largest absolute Gasteiger partial charge is 0.341 e. The number of halogens is 1. The van der Waals surface area contributed by atoms with Gasteiger partial charge in [-0.1, -0.05) is 35.5 Å². The Morgan fingerprint density at radius 2 is 2.04 bits per heavy atom. The third-order valence-electron chi connectivity index (χ3n) is 2.88. The number of carbonyl (C=O) groups excluding carboxylic acids is 1. The molecule has 0 saturated heterocycles. The summed E-state index contributed by atoms with van der Waals surface area (Å²) in [7, 11) is 0. The van der Waals surface area contributed by atoms with E-state index in [-0.39, 0.29) is 11.7 Å². The van der Waals surface area contributed by atoms with E-state index in [0.717, 1.165) is 22.9 Å². The first-order chi connectivity index (χ1) is 11.1. The van der Waals surface area contributed by atoms with Crippen LogP contribution >= 0.6 is 23.4 Å². The molecule has 118 valence electrons. The van der Waals surface area contributed by atoms with E-state index in [2.05, 4.69) is 30.7 Å². The van der Waals surface area contributed by atoms with Gasteiger partial charge in [-0.3, -0.25) is 14.9 Å². The smallest absolute Gasteiger partial charge is 0.310 e. The van der Waals surface area contributed by atoms with Crippen molar-refractivity contribution in [2.24, 2.45) is 0 Å². The molecule has 0 spiro atoms. The third kappa shape index (κ3) is 3.82. The van der Waals surface area contributed by atoms with Crippen molar-refractivity contribution in [2.45, 2.75) is 5.16 Å². The van der Waals surface area contributed by atoms with Gasteiger partial charge < -0.3 is 5.32 Å². The molecule has 3 aromatic rings. The normalized spacial score (nSPS) is 10.7. The fraction of sp³-hybridized carbons (Fsp3) is 0.0769. The zero-order chi connectivity index (χ0) is 16.2. The Morgan fingerprint density at radius 3 is 2.74 bits per heavy atom. The molecule has 3 rings (SSSR count). The standard InChI is InChI=1S/C13H11ClN6O2S/c14-8-3-1-7(2-4-8)9-5-15-18-11(9)16-10(21)6-23-13-17-12(22)19-20-13/h1-5H,6H2,(H2,15,16,18,21)(H2,17,19,20,22). The molecule has 1 aromatic carbocycles. The van der Waals surface area contributed by atoms with Crippen LogP contribution < -0.4 is 11.0 Å². The van der Waals surface area contributed by atoms with Gasteiger partial charge in [0.1, 0.15) is 5.82 Å². The van der Waals surface area contributed by atoms with Crippen molar-refractivity contribution in [1.29, 1.82) is 0 Å². The predicted octanol–water partition coefficient (Wildman–Crippen LogP) is 1.87. The predicted molar refractivity (Wildman–Crippen MR) is 87.6 cm³/mol. The van der Waals surface area contributed by atoms with Crippen molar-refractivity contribution in [2.75, 3.05) is 11.1 Å². The van der Waals surface area contributed by atoms with Crippen molar-refractivity contribution >= 4 is 35.1 Å². The Morgan fingerprint density at radius 1 is 1.26 bits per heavy atom. The van der Waals surface area contributed by atoms with Crippen molar-refractivity contribution in [3.63, 3.8) is 0 Å². The van der Waals surface area contributed by atoms with Gasteiger partial charge in [-0.25, -0.2) is 9.89 Å². The summed E-state index contributed by atoms with van der Waals surface area (Å²) < 4.78 is 0. The van der Waals surface area contributed by atoms with Crippen LogP contribution in [0.25, 0.3) is 11.1 Å². The zero-order valence-corrected chi connectivity index (χ0v) is 13.2. The second-order valence-corrected chi connectivity index (χ2v) is 5.89. The monoisotopic (exact) mass is 350 g/mol. The van der Waals surface area contributed by atoms with Crippen LogP contribution in [0.15, 0.2) is 40.4 Å². The Kier molecular flexibility index (Phi) is 4.49. The van der Waals surface area contributed by atoms with E-state index in [4.69, 9.17) is 11.6 Å². The molecule has 0 aliphatic carbocycles. The first-order valence-electron chi connectivity index (χ1n) is 6.48. The van der Waals surface area contributed by atoms with Gasteiger partial charge in [0.15, 0.2) is 5.16 Å². The number of nitrogens with zero attached hydrogens (tertiary/aromatic N) is 2. The summed E-state index contributed by atoms with van der Waals surface area (Å²) in [6.07, 6.45) is 1.62. The SMILES string of the molecule is O=C(CSc1n[nH]c(=O)[nH]1)Nc1[nH]ncc1-c1ccc(Cl)cc1. The van der Waals surface area contributed by atoms with Crippen molar-refractivity contribution in [1.82, 2.24) is 25.4 Å². The molecular weight excluding hydrogens is 340 g/mol. The highest BCUT2D eigenvalue weighted by molar-refractivity contribution is 7.99. The highest BCUT2D eigenvalue weighted by Crippen LogP contribution is 2.27. The maximum Gasteiger partial charge on any atom is 0.341 e. The van der Waals surface area contributed by atoms with E-state index >= 15 is 0 Å². The maximum absolute atomic E-state index is 12.0. The molecule has 4 N–H and O–H groups in total. The number of carbonyl (C=O) groups is 1. The summed E-state index contributed by atoms with van der Waals surface area (Å²) in [6, 6.07) is 7.20. The molecule has 0 aliphatic rings. The first-order valence-corrected chi connectivity index (χ1v) is 7.85. The molecule has 2 aromatic heterocycles.